The van der Waals surface area contributed by atoms with Gasteiger partial charge in [0.25, 0.3) is 5.91 Å². The van der Waals surface area contributed by atoms with Gasteiger partial charge in [-0.15, -0.1) is 0 Å². The van der Waals surface area contributed by atoms with Gasteiger partial charge in [-0.25, -0.2) is 9.97 Å². The molecule has 4 heteroatoms. The molecule has 1 aliphatic heterocycles. The first kappa shape index (κ1) is 16.5. The third-order valence-corrected chi connectivity index (χ3v) is 4.85. The lowest BCUT2D eigenvalue weighted by Crippen LogP contribution is -2.30. The van der Waals surface area contributed by atoms with Gasteiger partial charge in [-0.05, 0) is 49.1 Å². The van der Waals surface area contributed by atoms with Gasteiger partial charge in [0, 0.05) is 29.9 Å². The molecule has 0 atom stereocenters. The number of aryl methyl sites for hydroxylation is 2. The summed E-state index contributed by atoms with van der Waals surface area (Å²) in [5, 5.41) is 0. The Labute approximate surface area is 153 Å². The highest BCUT2D eigenvalue weighted by molar-refractivity contribution is 5.95. The number of fused-ring (bicyclic) bond motifs is 1. The predicted octanol–water partition coefficient (Wildman–Crippen LogP) is 4.04. The van der Waals surface area contributed by atoms with Crippen LogP contribution >= 0.6 is 0 Å². The van der Waals surface area contributed by atoms with Crippen LogP contribution in [0.1, 0.15) is 33.6 Å². The maximum atomic E-state index is 13.1. The molecule has 1 aromatic heterocycles. The van der Waals surface area contributed by atoms with Gasteiger partial charge in [0.1, 0.15) is 6.33 Å². The van der Waals surface area contributed by atoms with E-state index in [0.717, 1.165) is 36.3 Å². The lowest BCUT2D eigenvalue weighted by molar-refractivity contribution is 0.0746. The summed E-state index contributed by atoms with van der Waals surface area (Å²) in [4.78, 5) is 23.5. The van der Waals surface area contributed by atoms with Crippen molar-refractivity contribution >= 4 is 5.91 Å². The monoisotopic (exact) mass is 343 g/mol. The van der Waals surface area contributed by atoms with Gasteiger partial charge in [-0.2, -0.15) is 0 Å². The lowest BCUT2D eigenvalue weighted by atomic mass is 10.0. The highest BCUT2D eigenvalue weighted by Crippen LogP contribution is 2.23. The summed E-state index contributed by atoms with van der Waals surface area (Å²) in [7, 11) is 0. The van der Waals surface area contributed by atoms with Crippen molar-refractivity contribution in [1.82, 2.24) is 14.9 Å². The normalized spacial score (nSPS) is 13.8. The van der Waals surface area contributed by atoms with Crippen molar-refractivity contribution < 1.29 is 4.79 Å². The Balaban J connectivity index is 1.61. The Morgan fingerprint density at radius 3 is 2.69 bits per heavy atom. The number of benzene rings is 2. The van der Waals surface area contributed by atoms with Crippen molar-refractivity contribution in [2.75, 3.05) is 6.54 Å². The Morgan fingerprint density at radius 2 is 1.85 bits per heavy atom. The molecule has 0 bridgehead atoms. The third kappa shape index (κ3) is 3.36. The Morgan fingerprint density at radius 1 is 1.00 bits per heavy atom. The number of carbonyl (C=O) groups is 1. The number of hydrogen-bond acceptors (Lipinski definition) is 3. The summed E-state index contributed by atoms with van der Waals surface area (Å²) < 4.78 is 0. The molecular weight excluding hydrogens is 322 g/mol. The van der Waals surface area contributed by atoms with Crippen LogP contribution in [-0.4, -0.2) is 27.3 Å². The molecule has 4 nitrogen and oxygen atoms in total. The zero-order valence-corrected chi connectivity index (χ0v) is 14.9. The number of carbonyl (C=O) groups excluding carboxylic acids is 1. The van der Waals surface area contributed by atoms with Crippen LogP contribution < -0.4 is 0 Å². The zero-order valence-electron chi connectivity index (χ0n) is 14.9. The van der Waals surface area contributed by atoms with Crippen molar-refractivity contribution in [2.24, 2.45) is 0 Å². The largest absolute Gasteiger partial charge is 0.334 e. The quantitative estimate of drug-likeness (QED) is 0.705. The second kappa shape index (κ2) is 7.08. The van der Waals surface area contributed by atoms with Gasteiger partial charge in [0.2, 0.25) is 0 Å². The van der Waals surface area contributed by atoms with Crippen molar-refractivity contribution in [2.45, 2.75) is 26.3 Å². The summed E-state index contributed by atoms with van der Waals surface area (Å²) in [5.74, 6) is 0.0781. The van der Waals surface area contributed by atoms with Crippen LogP contribution in [0.15, 0.2) is 60.9 Å². The molecule has 2 aromatic carbocycles. The Bertz CT molecular complexity index is 951. The second-order valence-electron chi connectivity index (χ2n) is 6.72. The summed E-state index contributed by atoms with van der Waals surface area (Å²) in [6.45, 7) is 3.39. The fourth-order valence-electron chi connectivity index (χ4n) is 3.48. The maximum Gasteiger partial charge on any atom is 0.254 e. The molecule has 4 rings (SSSR count). The number of nitrogens with zero attached hydrogens (tertiary/aromatic N) is 3. The fraction of sp³-hybridized carbons (Fsp3) is 0.227. The zero-order chi connectivity index (χ0) is 17.9. The molecule has 0 aliphatic carbocycles. The molecule has 0 saturated carbocycles. The molecule has 130 valence electrons. The smallest absolute Gasteiger partial charge is 0.254 e. The number of amides is 1. The molecule has 0 N–H and O–H groups in total. The van der Waals surface area contributed by atoms with Gasteiger partial charge in [-0.1, -0.05) is 36.4 Å². The van der Waals surface area contributed by atoms with Crippen molar-refractivity contribution in [3.8, 4) is 11.3 Å². The Kier molecular flexibility index (Phi) is 4.48. The molecule has 0 fully saturated rings. The average molecular weight is 343 g/mol. The first-order valence-corrected chi connectivity index (χ1v) is 8.96. The van der Waals surface area contributed by atoms with Gasteiger partial charge in [0.15, 0.2) is 0 Å². The second-order valence-corrected chi connectivity index (χ2v) is 6.72. The SMILES string of the molecule is Cc1cc(-c2cccc(C(=O)N3CCCc4ccccc4C3)c2)ncn1. The first-order valence-electron chi connectivity index (χ1n) is 8.96. The predicted molar refractivity (Wildman–Crippen MR) is 102 cm³/mol. The van der Waals surface area contributed by atoms with E-state index in [4.69, 9.17) is 0 Å². The summed E-state index contributed by atoms with van der Waals surface area (Å²) in [6, 6.07) is 18.1. The number of rotatable bonds is 2. The van der Waals surface area contributed by atoms with E-state index in [9.17, 15) is 4.79 Å². The first-order chi connectivity index (χ1) is 12.7. The molecule has 1 aliphatic rings. The minimum absolute atomic E-state index is 0.0781. The maximum absolute atomic E-state index is 13.1. The summed E-state index contributed by atoms with van der Waals surface area (Å²) >= 11 is 0. The number of hydrogen-bond donors (Lipinski definition) is 0. The molecule has 2 heterocycles. The van der Waals surface area contributed by atoms with E-state index >= 15 is 0 Å². The van der Waals surface area contributed by atoms with Gasteiger partial charge >= 0.3 is 0 Å². The lowest BCUT2D eigenvalue weighted by Gasteiger charge is -2.21. The van der Waals surface area contributed by atoms with E-state index in [2.05, 4.69) is 28.2 Å². The van der Waals surface area contributed by atoms with E-state index in [1.165, 1.54) is 11.1 Å². The molecule has 0 unspecified atom stereocenters. The van der Waals surface area contributed by atoms with Gasteiger partial charge < -0.3 is 4.90 Å². The highest BCUT2D eigenvalue weighted by atomic mass is 16.2. The molecule has 1 amide bonds. The minimum Gasteiger partial charge on any atom is -0.334 e. The van der Waals surface area contributed by atoms with Crippen LogP contribution in [-0.2, 0) is 13.0 Å². The van der Waals surface area contributed by atoms with E-state index in [1.807, 2.05) is 48.2 Å². The summed E-state index contributed by atoms with van der Waals surface area (Å²) in [5.41, 5.74) is 6.01. The number of aromatic nitrogens is 2. The van der Waals surface area contributed by atoms with Gasteiger partial charge in [0.05, 0.1) is 5.69 Å². The fourth-order valence-corrected chi connectivity index (χ4v) is 3.48. The highest BCUT2D eigenvalue weighted by Gasteiger charge is 2.20. The van der Waals surface area contributed by atoms with Crippen LogP contribution in [0.2, 0.25) is 0 Å². The van der Waals surface area contributed by atoms with Crippen molar-refractivity contribution in [3.05, 3.63) is 83.3 Å². The topological polar surface area (TPSA) is 46.1 Å². The van der Waals surface area contributed by atoms with Crippen LogP contribution in [0.3, 0.4) is 0 Å². The van der Waals surface area contributed by atoms with E-state index < -0.39 is 0 Å². The molecule has 0 saturated heterocycles. The van der Waals surface area contributed by atoms with Gasteiger partial charge in [-0.3, -0.25) is 4.79 Å². The molecule has 0 spiro atoms. The van der Waals surface area contributed by atoms with E-state index in [0.29, 0.717) is 12.1 Å². The molecule has 26 heavy (non-hydrogen) atoms. The van der Waals surface area contributed by atoms with Crippen LogP contribution in [0.4, 0.5) is 0 Å². The molecule has 3 aromatic rings. The van der Waals surface area contributed by atoms with Crippen molar-refractivity contribution in [1.29, 1.82) is 0 Å². The average Bonchev–Trinajstić information content (AvgIpc) is 2.90. The van der Waals surface area contributed by atoms with Crippen LogP contribution in [0.25, 0.3) is 11.3 Å². The van der Waals surface area contributed by atoms with Crippen molar-refractivity contribution in [3.63, 3.8) is 0 Å². The molecule has 0 radical (unpaired) electrons. The molecular formula is C22H21N3O. The van der Waals surface area contributed by atoms with Crippen LogP contribution in [0, 0.1) is 6.92 Å². The Hall–Kier alpha value is -3.01. The van der Waals surface area contributed by atoms with Crippen LogP contribution in [0.5, 0.6) is 0 Å². The van der Waals surface area contributed by atoms with E-state index in [1.54, 1.807) is 6.33 Å². The summed E-state index contributed by atoms with van der Waals surface area (Å²) in [6.07, 6.45) is 3.58. The standard InChI is InChI=1S/C22H21N3O/c1-16-12-21(24-15-23-16)18-8-4-9-19(13-18)22(26)25-11-5-10-17-6-2-3-7-20(17)14-25/h2-4,6-9,12-13,15H,5,10-11,14H2,1H3. The van der Waals surface area contributed by atoms with E-state index in [-0.39, 0.29) is 5.91 Å². The third-order valence-electron chi connectivity index (χ3n) is 4.85. The minimum atomic E-state index is 0.0781.